The average Bonchev–Trinajstić information content (AvgIpc) is 2.34. The third-order valence-corrected chi connectivity index (χ3v) is 3.18. The van der Waals surface area contributed by atoms with Crippen molar-refractivity contribution in [3.63, 3.8) is 0 Å². The van der Waals surface area contributed by atoms with Gasteiger partial charge in [-0.05, 0) is 37.5 Å². The number of hydrogen-bond donors (Lipinski definition) is 0. The Morgan fingerprint density at radius 3 is 2.56 bits per heavy atom. The van der Waals surface area contributed by atoms with Gasteiger partial charge in [0.25, 0.3) is 0 Å². The molecular weight excluding hydrogens is 224 g/mol. The van der Waals surface area contributed by atoms with Crippen molar-refractivity contribution < 1.29 is 4.74 Å². The summed E-state index contributed by atoms with van der Waals surface area (Å²) in [5, 5.41) is 9.05. The zero-order valence-corrected chi connectivity index (χ0v) is 11.9. The van der Waals surface area contributed by atoms with E-state index in [9.17, 15) is 0 Å². The highest BCUT2D eigenvalue weighted by Gasteiger charge is 2.15. The molecule has 0 amide bonds. The van der Waals surface area contributed by atoms with Crippen LogP contribution in [0.4, 0.5) is 5.69 Å². The highest BCUT2D eigenvalue weighted by Crippen LogP contribution is 2.33. The van der Waals surface area contributed by atoms with Crippen molar-refractivity contribution in [1.29, 1.82) is 5.26 Å². The molecule has 0 spiro atoms. The number of aryl methyl sites for hydroxylation is 2. The van der Waals surface area contributed by atoms with Gasteiger partial charge in [-0.15, -0.1) is 0 Å². The van der Waals surface area contributed by atoms with Gasteiger partial charge in [-0.3, -0.25) is 0 Å². The number of nitrogens with zero attached hydrogens (tertiary/aromatic N) is 2. The molecule has 0 N–H and O–H groups in total. The Kier molecular flexibility index (Phi) is 5.03. The fourth-order valence-corrected chi connectivity index (χ4v) is 2.25. The smallest absolute Gasteiger partial charge is 0.142 e. The van der Waals surface area contributed by atoms with Crippen LogP contribution in [-0.2, 0) is 0 Å². The van der Waals surface area contributed by atoms with Crippen molar-refractivity contribution in [2.45, 2.75) is 27.2 Å². The summed E-state index contributed by atoms with van der Waals surface area (Å²) < 4.78 is 5.45. The van der Waals surface area contributed by atoms with E-state index in [-0.39, 0.29) is 5.92 Å². The van der Waals surface area contributed by atoms with Crippen LogP contribution in [0.25, 0.3) is 0 Å². The summed E-state index contributed by atoms with van der Waals surface area (Å²) in [5.41, 5.74) is 3.45. The minimum atomic E-state index is 0.0559. The molecule has 0 heterocycles. The molecule has 18 heavy (non-hydrogen) atoms. The van der Waals surface area contributed by atoms with Crippen LogP contribution in [0.3, 0.4) is 0 Å². The van der Waals surface area contributed by atoms with Crippen LogP contribution in [-0.4, -0.2) is 20.7 Å². The van der Waals surface area contributed by atoms with Crippen LogP contribution >= 0.6 is 0 Å². The van der Waals surface area contributed by atoms with Gasteiger partial charge >= 0.3 is 0 Å². The normalized spacial score (nSPS) is 11.8. The minimum absolute atomic E-state index is 0.0559. The van der Waals surface area contributed by atoms with Gasteiger partial charge in [-0.2, -0.15) is 5.26 Å². The molecule has 0 saturated carbocycles. The second-order valence-corrected chi connectivity index (χ2v) is 4.75. The molecule has 0 fully saturated rings. The van der Waals surface area contributed by atoms with Crippen LogP contribution < -0.4 is 9.64 Å². The Bertz CT molecular complexity index is 449. The Morgan fingerprint density at radius 2 is 2.06 bits per heavy atom. The minimum Gasteiger partial charge on any atom is -0.495 e. The predicted molar refractivity (Wildman–Crippen MR) is 75.1 cm³/mol. The fourth-order valence-electron chi connectivity index (χ4n) is 2.25. The quantitative estimate of drug-likeness (QED) is 0.799. The monoisotopic (exact) mass is 246 g/mol. The molecule has 0 aliphatic heterocycles. The summed E-state index contributed by atoms with van der Waals surface area (Å²) >= 11 is 0. The summed E-state index contributed by atoms with van der Waals surface area (Å²) in [7, 11) is 3.70. The van der Waals surface area contributed by atoms with Crippen molar-refractivity contribution in [3.8, 4) is 11.8 Å². The summed E-state index contributed by atoms with van der Waals surface area (Å²) in [6, 6.07) is 6.51. The number of methoxy groups -OCH3 is 1. The van der Waals surface area contributed by atoms with Crippen molar-refractivity contribution in [2.75, 3.05) is 25.6 Å². The van der Waals surface area contributed by atoms with E-state index in [4.69, 9.17) is 10.00 Å². The third kappa shape index (κ3) is 3.16. The molecule has 1 aromatic rings. The molecule has 1 unspecified atom stereocenters. The second kappa shape index (κ2) is 6.30. The molecule has 1 rings (SSSR count). The SMILES string of the molecule is CCC(C#N)CN(C)c1c(C)cc(C)cc1OC. The number of nitriles is 1. The lowest BCUT2D eigenvalue weighted by Crippen LogP contribution is -2.25. The van der Waals surface area contributed by atoms with E-state index in [1.807, 2.05) is 20.0 Å². The van der Waals surface area contributed by atoms with Gasteiger partial charge in [-0.1, -0.05) is 13.0 Å². The van der Waals surface area contributed by atoms with Gasteiger partial charge in [-0.25, -0.2) is 0 Å². The number of anilines is 1. The molecule has 0 aliphatic carbocycles. The van der Waals surface area contributed by atoms with Crippen molar-refractivity contribution in [2.24, 2.45) is 5.92 Å². The molecule has 0 bridgehead atoms. The molecular formula is C15H22N2O. The predicted octanol–water partition coefficient (Wildman–Crippen LogP) is 3.30. The number of rotatable bonds is 5. The zero-order valence-electron chi connectivity index (χ0n) is 11.9. The van der Waals surface area contributed by atoms with Crippen LogP contribution in [0, 0.1) is 31.1 Å². The lowest BCUT2D eigenvalue weighted by molar-refractivity contribution is 0.413. The van der Waals surface area contributed by atoms with Gasteiger partial charge in [0.1, 0.15) is 5.75 Å². The van der Waals surface area contributed by atoms with Gasteiger partial charge in [0, 0.05) is 13.6 Å². The van der Waals surface area contributed by atoms with Crippen LogP contribution in [0.2, 0.25) is 0 Å². The van der Waals surface area contributed by atoms with Gasteiger partial charge in [0.2, 0.25) is 0 Å². The maximum absolute atomic E-state index is 9.05. The van der Waals surface area contributed by atoms with E-state index >= 15 is 0 Å². The van der Waals surface area contributed by atoms with E-state index in [1.54, 1.807) is 7.11 Å². The summed E-state index contributed by atoms with van der Waals surface area (Å²) in [6.07, 6.45) is 0.869. The maximum atomic E-state index is 9.05. The lowest BCUT2D eigenvalue weighted by atomic mass is 10.1. The van der Waals surface area contributed by atoms with Gasteiger partial charge in [0.15, 0.2) is 0 Å². The Labute approximate surface area is 110 Å². The standard InChI is InChI=1S/C15H22N2O/c1-6-13(9-16)10-17(4)15-12(3)7-11(2)8-14(15)18-5/h7-8,13H,6,10H2,1-5H3. The van der Waals surface area contributed by atoms with E-state index in [1.165, 1.54) is 11.1 Å². The van der Waals surface area contributed by atoms with Crippen LogP contribution in [0.1, 0.15) is 24.5 Å². The van der Waals surface area contributed by atoms with E-state index in [2.05, 4.69) is 30.9 Å². The molecule has 3 nitrogen and oxygen atoms in total. The molecule has 3 heteroatoms. The van der Waals surface area contributed by atoms with Crippen molar-refractivity contribution >= 4 is 5.69 Å². The molecule has 0 radical (unpaired) electrons. The molecule has 0 aromatic heterocycles. The molecule has 98 valence electrons. The first-order valence-electron chi connectivity index (χ1n) is 6.29. The summed E-state index contributed by atoms with van der Waals surface area (Å²) in [6.45, 7) is 6.91. The largest absolute Gasteiger partial charge is 0.495 e. The van der Waals surface area contributed by atoms with Crippen molar-refractivity contribution in [1.82, 2.24) is 0 Å². The van der Waals surface area contributed by atoms with Crippen LogP contribution in [0.5, 0.6) is 5.75 Å². The number of ether oxygens (including phenoxy) is 1. The van der Waals surface area contributed by atoms with Gasteiger partial charge < -0.3 is 9.64 Å². The average molecular weight is 246 g/mol. The van der Waals surface area contributed by atoms with Crippen molar-refractivity contribution in [3.05, 3.63) is 23.3 Å². The Balaban J connectivity index is 3.05. The highest BCUT2D eigenvalue weighted by atomic mass is 16.5. The van der Waals surface area contributed by atoms with E-state index in [0.29, 0.717) is 0 Å². The molecule has 0 saturated heterocycles. The second-order valence-electron chi connectivity index (χ2n) is 4.75. The summed E-state index contributed by atoms with van der Waals surface area (Å²) in [4.78, 5) is 2.12. The van der Waals surface area contributed by atoms with Crippen LogP contribution in [0.15, 0.2) is 12.1 Å². The number of hydrogen-bond acceptors (Lipinski definition) is 3. The summed E-state index contributed by atoms with van der Waals surface area (Å²) in [5.74, 6) is 0.934. The third-order valence-electron chi connectivity index (χ3n) is 3.18. The first-order valence-corrected chi connectivity index (χ1v) is 6.29. The first kappa shape index (κ1) is 14.4. The lowest BCUT2D eigenvalue weighted by Gasteiger charge is -2.25. The van der Waals surface area contributed by atoms with E-state index < -0.39 is 0 Å². The maximum Gasteiger partial charge on any atom is 0.142 e. The molecule has 1 atom stereocenters. The molecule has 1 aromatic carbocycles. The highest BCUT2D eigenvalue weighted by molar-refractivity contribution is 5.64. The van der Waals surface area contributed by atoms with Gasteiger partial charge in [0.05, 0.1) is 24.8 Å². The number of benzene rings is 1. The molecule has 0 aliphatic rings. The Hall–Kier alpha value is -1.69. The topological polar surface area (TPSA) is 36.3 Å². The zero-order chi connectivity index (χ0) is 13.7. The van der Waals surface area contributed by atoms with E-state index in [0.717, 1.165) is 24.4 Å². The Morgan fingerprint density at radius 1 is 1.39 bits per heavy atom. The first-order chi connectivity index (χ1) is 8.53. The fraction of sp³-hybridized carbons (Fsp3) is 0.533.